The molecule has 1 amide bonds. The maximum absolute atomic E-state index is 13.2. The van der Waals surface area contributed by atoms with E-state index >= 15 is 0 Å². The molecule has 4 nitrogen and oxygen atoms in total. The molecule has 3 aromatic rings. The number of para-hydroxylation sites is 1. The van der Waals surface area contributed by atoms with Crippen molar-refractivity contribution in [2.45, 2.75) is 25.4 Å². The van der Waals surface area contributed by atoms with Crippen LogP contribution in [0.5, 0.6) is 0 Å². The molecule has 7 heteroatoms. The van der Waals surface area contributed by atoms with Crippen molar-refractivity contribution in [1.29, 1.82) is 0 Å². The van der Waals surface area contributed by atoms with Crippen molar-refractivity contribution < 1.29 is 18.0 Å². The Kier molecular flexibility index (Phi) is 5.05. The van der Waals surface area contributed by atoms with E-state index in [0.717, 1.165) is 28.6 Å². The molecule has 0 saturated carbocycles. The molecule has 0 atom stereocenters. The molecule has 1 aliphatic rings. The number of carbonyl (C=O) groups is 1. The highest BCUT2D eigenvalue weighted by Gasteiger charge is 2.31. The molecule has 2 heterocycles. The summed E-state index contributed by atoms with van der Waals surface area (Å²) < 4.78 is 39.7. The van der Waals surface area contributed by atoms with Crippen LogP contribution in [0.15, 0.2) is 65.9 Å². The molecule has 1 fully saturated rings. The SMILES string of the molecule is O=C1CCCN1N=C(Cc1ccnc2ccccc12)c1cccc(C(F)(F)F)c1. The number of fused-ring (bicyclic) bond motifs is 1. The largest absolute Gasteiger partial charge is 0.416 e. The van der Waals surface area contributed by atoms with Gasteiger partial charge in [-0.1, -0.05) is 30.3 Å². The number of carbonyl (C=O) groups excluding carboxylic acids is 1. The summed E-state index contributed by atoms with van der Waals surface area (Å²) >= 11 is 0. The number of hydrogen-bond donors (Lipinski definition) is 0. The van der Waals surface area contributed by atoms with Crippen molar-refractivity contribution in [3.63, 3.8) is 0 Å². The third-order valence-electron chi connectivity index (χ3n) is 4.91. The molecule has 1 aliphatic heterocycles. The lowest BCUT2D eigenvalue weighted by Gasteiger charge is -2.15. The minimum absolute atomic E-state index is 0.117. The first-order valence-corrected chi connectivity index (χ1v) is 9.30. The Morgan fingerprint density at radius 3 is 2.69 bits per heavy atom. The molecule has 2 aromatic carbocycles. The Morgan fingerprint density at radius 1 is 1.10 bits per heavy atom. The van der Waals surface area contributed by atoms with E-state index < -0.39 is 11.7 Å². The highest BCUT2D eigenvalue weighted by Crippen LogP contribution is 2.30. The number of hydrogen-bond acceptors (Lipinski definition) is 3. The fraction of sp³-hybridized carbons (Fsp3) is 0.227. The van der Waals surface area contributed by atoms with Gasteiger partial charge in [0.1, 0.15) is 0 Å². The zero-order valence-electron chi connectivity index (χ0n) is 15.5. The first-order chi connectivity index (χ1) is 13.9. The summed E-state index contributed by atoms with van der Waals surface area (Å²) in [6, 6.07) is 14.5. The van der Waals surface area contributed by atoms with Crippen molar-refractivity contribution in [1.82, 2.24) is 9.99 Å². The molecule has 0 N–H and O–H groups in total. The van der Waals surface area contributed by atoms with E-state index in [9.17, 15) is 18.0 Å². The van der Waals surface area contributed by atoms with Crippen LogP contribution in [0.3, 0.4) is 0 Å². The van der Waals surface area contributed by atoms with Gasteiger partial charge in [-0.3, -0.25) is 9.78 Å². The van der Waals surface area contributed by atoms with Crippen molar-refractivity contribution in [3.8, 4) is 0 Å². The van der Waals surface area contributed by atoms with Crippen LogP contribution >= 0.6 is 0 Å². The number of alkyl halides is 3. The maximum Gasteiger partial charge on any atom is 0.416 e. The molecule has 1 aromatic heterocycles. The molecule has 29 heavy (non-hydrogen) atoms. The number of aromatic nitrogens is 1. The van der Waals surface area contributed by atoms with Gasteiger partial charge in [-0.15, -0.1) is 0 Å². The van der Waals surface area contributed by atoms with Crippen LogP contribution in [-0.2, 0) is 17.4 Å². The monoisotopic (exact) mass is 397 g/mol. The minimum Gasteiger partial charge on any atom is -0.273 e. The van der Waals surface area contributed by atoms with Crippen molar-refractivity contribution >= 4 is 22.5 Å². The van der Waals surface area contributed by atoms with Gasteiger partial charge >= 0.3 is 6.18 Å². The highest BCUT2D eigenvalue weighted by molar-refractivity contribution is 6.04. The molecule has 0 spiro atoms. The summed E-state index contributed by atoms with van der Waals surface area (Å²) in [5.41, 5.74) is 1.71. The van der Waals surface area contributed by atoms with E-state index in [1.165, 1.54) is 11.1 Å². The van der Waals surface area contributed by atoms with Gasteiger partial charge in [0, 0.05) is 31.0 Å². The highest BCUT2D eigenvalue weighted by atomic mass is 19.4. The second-order valence-corrected chi connectivity index (χ2v) is 6.91. The van der Waals surface area contributed by atoms with E-state index in [0.29, 0.717) is 30.7 Å². The summed E-state index contributed by atoms with van der Waals surface area (Å²) in [6.07, 6.45) is -1.40. The van der Waals surface area contributed by atoms with Crippen LogP contribution in [0.4, 0.5) is 13.2 Å². The normalized spacial score (nSPS) is 15.3. The van der Waals surface area contributed by atoms with E-state index in [1.54, 1.807) is 12.3 Å². The first kappa shape index (κ1) is 19.1. The van der Waals surface area contributed by atoms with Gasteiger partial charge in [-0.25, -0.2) is 5.01 Å². The number of nitrogens with zero attached hydrogens (tertiary/aromatic N) is 3. The van der Waals surface area contributed by atoms with Crippen LogP contribution in [0.25, 0.3) is 10.9 Å². The van der Waals surface area contributed by atoms with Gasteiger partial charge < -0.3 is 0 Å². The van der Waals surface area contributed by atoms with Crippen molar-refractivity contribution in [2.24, 2.45) is 5.10 Å². The molecule has 0 unspecified atom stereocenters. The lowest BCUT2D eigenvalue weighted by Crippen LogP contribution is -2.22. The van der Waals surface area contributed by atoms with Gasteiger partial charge in [0.15, 0.2) is 0 Å². The Hall–Kier alpha value is -3.22. The van der Waals surface area contributed by atoms with Crippen molar-refractivity contribution in [2.75, 3.05) is 6.54 Å². The fourth-order valence-corrected chi connectivity index (χ4v) is 3.45. The molecule has 4 rings (SSSR count). The predicted molar refractivity (Wildman–Crippen MR) is 104 cm³/mol. The number of benzene rings is 2. The standard InChI is InChI=1S/C22H18F3N3O/c23-22(24,25)17-6-3-5-16(13-17)20(27-28-12-4-9-21(28)29)14-15-10-11-26-19-8-2-1-7-18(15)19/h1-3,5-8,10-11,13H,4,9,12,14H2. The quantitative estimate of drug-likeness (QED) is 0.593. The predicted octanol–water partition coefficient (Wildman–Crippen LogP) is 4.82. The number of halogens is 3. The molecule has 148 valence electrons. The third-order valence-corrected chi connectivity index (χ3v) is 4.91. The van der Waals surface area contributed by atoms with Gasteiger partial charge in [-0.2, -0.15) is 18.3 Å². The van der Waals surface area contributed by atoms with E-state index in [1.807, 2.05) is 30.3 Å². The minimum atomic E-state index is -4.45. The maximum atomic E-state index is 13.2. The van der Waals surface area contributed by atoms with Gasteiger partial charge in [-0.05, 0) is 41.8 Å². The number of hydrazone groups is 1. The van der Waals surface area contributed by atoms with Gasteiger partial charge in [0.25, 0.3) is 0 Å². The molecule has 0 bridgehead atoms. The Morgan fingerprint density at radius 2 is 1.93 bits per heavy atom. The fourth-order valence-electron chi connectivity index (χ4n) is 3.45. The molecule has 0 radical (unpaired) electrons. The lowest BCUT2D eigenvalue weighted by molar-refractivity contribution is -0.137. The first-order valence-electron chi connectivity index (χ1n) is 9.30. The van der Waals surface area contributed by atoms with E-state index in [4.69, 9.17) is 0 Å². The molecular formula is C22H18F3N3O. The zero-order valence-corrected chi connectivity index (χ0v) is 15.5. The summed E-state index contributed by atoms with van der Waals surface area (Å²) in [4.78, 5) is 16.4. The van der Waals surface area contributed by atoms with Crippen LogP contribution in [-0.4, -0.2) is 28.2 Å². The second kappa shape index (κ2) is 7.66. The molecule has 0 aliphatic carbocycles. The Labute approximate surface area is 165 Å². The van der Waals surface area contributed by atoms with Crippen LogP contribution in [0, 0.1) is 0 Å². The zero-order chi connectivity index (χ0) is 20.4. The van der Waals surface area contributed by atoms with Crippen LogP contribution in [0.1, 0.15) is 29.5 Å². The van der Waals surface area contributed by atoms with Gasteiger partial charge in [0.2, 0.25) is 5.91 Å². The summed E-state index contributed by atoms with van der Waals surface area (Å²) in [5.74, 6) is -0.117. The number of pyridine rings is 1. The third kappa shape index (κ3) is 4.13. The lowest BCUT2D eigenvalue weighted by atomic mass is 9.98. The summed E-state index contributed by atoms with van der Waals surface area (Å²) in [5, 5.41) is 6.73. The summed E-state index contributed by atoms with van der Waals surface area (Å²) in [6.45, 7) is 0.471. The Bertz CT molecular complexity index is 1090. The van der Waals surface area contributed by atoms with Crippen molar-refractivity contribution in [3.05, 3.63) is 77.5 Å². The average molecular weight is 397 g/mol. The molecular weight excluding hydrogens is 379 g/mol. The average Bonchev–Trinajstić information content (AvgIpc) is 3.12. The number of amides is 1. The summed E-state index contributed by atoms with van der Waals surface area (Å²) in [7, 11) is 0. The Balaban J connectivity index is 1.79. The second-order valence-electron chi connectivity index (χ2n) is 6.91. The topological polar surface area (TPSA) is 45.6 Å². The van der Waals surface area contributed by atoms with Crippen LogP contribution < -0.4 is 0 Å². The van der Waals surface area contributed by atoms with E-state index in [-0.39, 0.29) is 12.3 Å². The van der Waals surface area contributed by atoms with Gasteiger partial charge in [0.05, 0.1) is 16.8 Å². The van der Waals surface area contributed by atoms with Crippen LogP contribution in [0.2, 0.25) is 0 Å². The molecule has 1 saturated heterocycles. The number of rotatable bonds is 4. The van der Waals surface area contributed by atoms with E-state index in [2.05, 4.69) is 10.1 Å². The smallest absolute Gasteiger partial charge is 0.273 e.